The van der Waals surface area contributed by atoms with Gasteiger partial charge in [0.05, 0.1) is 6.61 Å². The molecule has 0 bridgehead atoms. The molecule has 1 aromatic rings. The lowest BCUT2D eigenvalue weighted by Gasteiger charge is -2.31. The lowest BCUT2D eigenvalue weighted by atomic mass is 10.1. The van der Waals surface area contributed by atoms with Crippen molar-refractivity contribution in [2.45, 2.75) is 52.5 Å². The van der Waals surface area contributed by atoms with Gasteiger partial charge in [-0.25, -0.2) is 15.8 Å². The fourth-order valence-corrected chi connectivity index (χ4v) is 2.25. The van der Waals surface area contributed by atoms with Gasteiger partial charge in [-0.15, -0.1) is 0 Å². The van der Waals surface area contributed by atoms with Crippen molar-refractivity contribution in [1.82, 2.24) is 9.97 Å². The summed E-state index contributed by atoms with van der Waals surface area (Å²) in [5.41, 5.74) is 2.59. The summed E-state index contributed by atoms with van der Waals surface area (Å²) in [6.45, 7) is 9.05. The number of anilines is 2. The minimum absolute atomic E-state index is 0.100. The fraction of sp³-hybridized carbons (Fsp3) is 0.714. The molecule has 0 aliphatic carbocycles. The number of aromatic nitrogens is 2. The Bertz CT molecular complexity index is 407. The Kier molecular flexibility index (Phi) is 6.67. The lowest BCUT2D eigenvalue weighted by Crippen LogP contribution is -2.37. The van der Waals surface area contributed by atoms with Gasteiger partial charge in [-0.2, -0.15) is 0 Å². The van der Waals surface area contributed by atoms with E-state index < -0.39 is 0 Å². The smallest absolute Gasteiger partial charge is 0.145 e. The Balaban J connectivity index is 3.20. The van der Waals surface area contributed by atoms with E-state index in [0.29, 0.717) is 18.4 Å². The van der Waals surface area contributed by atoms with E-state index in [1.165, 1.54) is 0 Å². The monoisotopic (exact) mass is 281 g/mol. The molecule has 0 saturated carbocycles. The van der Waals surface area contributed by atoms with E-state index in [1.807, 2.05) is 19.9 Å². The molecular weight excluding hydrogens is 254 g/mol. The van der Waals surface area contributed by atoms with Crippen molar-refractivity contribution in [2.75, 3.05) is 23.5 Å². The van der Waals surface area contributed by atoms with Gasteiger partial charge in [0.15, 0.2) is 0 Å². The summed E-state index contributed by atoms with van der Waals surface area (Å²) in [7, 11) is 0. The molecule has 0 aliphatic rings. The second-order valence-corrected chi connectivity index (χ2v) is 5.16. The largest absolute Gasteiger partial charge is 0.395 e. The third-order valence-electron chi connectivity index (χ3n) is 3.41. The van der Waals surface area contributed by atoms with E-state index in [1.54, 1.807) is 0 Å². The summed E-state index contributed by atoms with van der Waals surface area (Å²) in [6, 6.07) is 2.18. The van der Waals surface area contributed by atoms with Crippen LogP contribution in [-0.2, 0) is 0 Å². The molecule has 0 saturated heterocycles. The predicted octanol–water partition coefficient (Wildman–Crippen LogP) is 1.87. The summed E-state index contributed by atoms with van der Waals surface area (Å²) in [5.74, 6) is 7.89. The van der Waals surface area contributed by atoms with Gasteiger partial charge in [-0.1, -0.05) is 27.7 Å². The van der Waals surface area contributed by atoms with Crippen molar-refractivity contribution in [3.63, 3.8) is 0 Å². The Morgan fingerprint density at radius 2 is 1.95 bits per heavy atom. The fourth-order valence-electron chi connectivity index (χ4n) is 2.25. The van der Waals surface area contributed by atoms with Crippen molar-refractivity contribution in [3.05, 3.63) is 11.9 Å². The van der Waals surface area contributed by atoms with Gasteiger partial charge in [-0.3, -0.25) is 0 Å². The predicted molar refractivity (Wildman–Crippen MR) is 82.7 cm³/mol. The van der Waals surface area contributed by atoms with Crippen LogP contribution >= 0.6 is 0 Å². The summed E-state index contributed by atoms with van der Waals surface area (Å²) in [6.07, 6.45) is 2.01. The second kappa shape index (κ2) is 8.01. The van der Waals surface area contributed by atoms with Crippen LogP contribution < -0.4 is 16.2 Å². The summed E-state index contributed by atoms with van der Waals surface area (Å²) in [4.78, 5) is 11.1. The number of aliphatic hydroxyl groups is 1. The maximum Gasteiger partial charge on any atom is 0.145 e. The topological polar surface area (TPSA) is 87.3 Å². The van der Waals surface area contributed by atoms with Crippen molar-refractivity contribution in [1.29, 1.82) is 0 Å². The number of aliphatic hydroxyl groups excluding tert-OH is 1. The minimum atomic E-state index is 0.100. The highest BCUT2D eigenvalue weighted by atomic mass is 16.3. The summed E-state index contributed by atoms with van der Waals surface area (Å²) >= 11 is 0. The van der Waals surface area contributed by atoms with Gasteiger partial charge in [0.1, 0.15) is 17.5 Å². The normalized spacial score (nSPS) is 11.2. The zero-order chi connectivity index (χ0) is 15.1. The minimum Gasteiger partial charge on any atom is -0.395 e. The summed E-state index contributed by atoms with van der Waals surface area (Å²) in [5, 5.41) is 9.32. The first-order valence-electron chi connectivity index (χ1n) is 7.30. The van der Waals surface area contributed by atoms with E-state index in [0.717, 1.165) is 24.5 Å². The standard InChI is InChI=1S/C14H27N5O/c1-5-11(6-2)19(7-8-20)13-9-12(18-15)16-14(17-13)10(3)4/h9-11,20H,5-8,15H2,1-4H3,(H,16,17,18). The molecule has 0 radical (unpaired) electrons. The van der Waals surface area contributed by atoms with Crippen LogP contribution in [0.3, 0.4) is 0 Å². The van der Waals surface area contributed by atoms with Gasteiger partial charge in [0, 0.05) is 24.6 Å². The Labute approximate surface area is 121 Å². The molecular formula is C14H27N5O. The molecule has 4 N–H and O–H groups in total. The molecule has 0 aromatic carbocycles. The van der Waals surface area contributed by atoms with E-state index in [4.69, 9.17) is 5.84 Å². The molecule has 1 heterocycles. The van der Waals surface area contributed by atoms with Gasteiger partial charge in [0.2, 0.25) is 0 Å². The van der Waals surface area contributed by atoms with Crippen molar-refractivity contribution in [2.24, 2.45) is 5.84 Å². The number of nitrogens with two attached hydrogens (primary N) is 1. The van der Waals surface area contributed by atoms with E-state index in [9.17, 15) is 5.11 Å². The van der Waals surface area contributed by atoms with Crippen molar-refractivity contribution < 1.29 is 5.11 Å². The van der Waals surface area contributed by atoms with Crippen LogP contribution in [0.15, 0.2) is 6.07 Å². The number of nitrogens with one attached hydrogen (secondary N) is 1. The molecule has 6 nitrogen and oxygen atoms in total. The maximum atomic E-state index is 9.32. The lowest BCUT2D eigenvalue weighted by molar-refractivity contribution is 0.295. The molecule has 6 heteroatoms. The highest BCUT2D eigenvalue weighted by Gasteiger charge is 2.19. The quantitative estimate of drug-likeness (QED) is 0.498. The number of nitrogen functional groups attached to an aromatic ring is 1. The molecule has 20 heavy (non-hydrogen) atoms. The molecule has 0 atom stereocenters. The maximum absolute atomic E-state index is 9.32. The molecule has 0 amide bonds. The number of nitrogens with zero attached hydrogens (tertiary/aromatic N) is 3. The zero-order valence-corrected chi connectivity index (χ0v) is 12.9. The second-order valence-electron chi connectivity index (χ2n) is 5.16. The molecule has 0 aliphatic heterocycles. The van der Waals surface area contributed by atoms with Crippen LogP contribution in [-0.4, -0.2) is 34.3 Å². The van der Waals surface area contributed by atoms with Crippen LogP contribution in [0.2, 0.25) is 0 Å². The van der Waals surface area contributed by atoms with Gasteiger partial charge < -0.3 is 15.4 Å². The number of rotatable bonds is 8. The third-order valence-corrected chi connectivity index (χ3v) is 3.41. The molecule has 0 unspecified atom stereocenters. The van der Waals surface area contributed by atoms with E-state index in [-0.39, 0.29) is 12.5 Å². The van der Waals surface area contributed by atoms with E-state index in [2.05, 4.69) is 34.1 Å². The molecule has 0 spiro atoms. The molecule has 1 rings (SSSR count). The number of hydrazine groups is 1. The highest BCUT2D eigenvalue weighted by Crippen LogP contribution is 2.23. The van der Waals surface area contributed by atoms with Gasteiger partial charge in [0.25, 0.3) is 0 Å². The SMILES string of the molecule is CCC(CC)N(CCO)c1cc(NN)nc(C(C)C)n1. The van der Waals surface area contributed by atoms with Gasteiger partial charge >= 0.3 is 0 Å². The van der Waals surface area contributed by atoms with Crippen LogP contribution in [0, 0.1) is 0 Å². The Morgan fingerprint density at radius 3 is 2.40 bits per heavy atom. The van der Waals surface area contributed by atoms with Crippen molar-refractivity contribution in [3.8, 4) is 0 Å². The molecule has 114 valence electrons. The first kappa shape index (κ1) is 16.7. The van der Waals surface area contributed by atoms with Crippen LogP contribution in [0.1, 0.15) is 52.3 Å². The first-order chi connectivity index (χ1) is 9.57. The summed E-state index contributed by atoms with van der Waals surface area (Å²) < 4.78 is 0. The van der Waals surface area contributed by atoms with Crippen molar-refractivity contribution >= 4 is 11.6 Å². The number of hydrogen-bond donors (Lipinski definition) is 3. The Morgan fingerprint density at radius 1 is 1.30 bits per heavy atom. The molecule has 0 fully saturated rings. The molecule has 1 aromatic heterocycles. The van der Waals surface area contributed by atoms with Gasteiger partial charge in [-0.05, 0) is 12.8 Å². The highest BCUT2D eigenvalue weighted by molar-refractivity contribution is 5.50. The third kappa shape index (κ3) is 4.05. The Hall–Kier alpha value is -1.40. The van der Waals surface area contributed by atoms with Crippen LogP contribution in [0.25, 0.3) is 0 Å². The number of hydrogen-bond acceptors (Lipinski definition) is 6. The van der Waals surface area contributed by atoms with E-state index >= 15 is 0 Å². The van der Waals surface area contributed by atoms with Crippen LogP contribution in [0.5, 0.6) is 0 Å². The first-order valence-corrected chi connectivity index (χ1v) is 7.30. The zero-order valence-electron chi connectivity index (χ0n) is 12.9. The van der Waals surface area contributed by atoms with Crippen LogP contribution in [0.4, 0.5) is 11.6 Å². The average Bonchev–Trinajstić information content (AvgIpc) is 2.46. The average molecular weight is 281 g/mol.